The monoisotopic (exact) mass is 420 g/mol. The van der Waals surface area contributed by atoms with E-state index in [1.165, 1.54) is 11.3 Å². The van der Waals surface area contributed by atoms with Crippen LogP contribution in [0.1, 0.15) is 34.1 Å². The zero-order valence-corrected chi connectivity index (χ0v) is 17.2. The number of hydrogen-bond donors (Lipinski definition) is 0. The molecule has 9 heteroatoms. The molecule has 0 spiro atoms. The third-order valence-electron chi connectivity index (χ3n) is 5.37. The van der Waals surface area contributed by atoms with Crippen molar-refractivity contribution in [2.24, 2.45) is 0 Å². The van der Waals surface area contributed by atoms with E-state index >= 15 is 0 Å². The van der Waals surface area contributed by atoms with Crippen LogP contribution in [-0.2, 0) is 0 Å². The summed E-state index contributed by atoms with van der Waals surface area (Å²) in [5.41, 5.74) is 2.48. The minimum Gasteiger partial charge on any atom is -0.338 e. The molecule has 0 aliphatic carbocycles. The van der Waals surface area contributed by atoms with Gasteiger partial charge in [-0.1, -0.05) is 40.7 Å². The van der Waals surface area contributed by atoms with Crippen LogP contribution in [0.25, 0.3) is 23.0 Å². The molecule has 1 fully saturated rings. The first kappa shape index (κ1) is 18.7. The van der Waals surface area contributed by atoms with Crippen molar-refractivity contribution in [3.05, 3.63) is 58.4 Å². The molecule has 1 aliphatic rings. The molecule has 1 aliphatic heterocycles. The van der Waals surface area contributed by atoms with Gasteiger partial charge < -0.3 is 9.42 Å². The van der Waals surface area contributed by atoms with Crippen LogP contribution < -0.4 is 0 Å². The molecule has 1 aromatic carbocycles. The molecule has 30 heavy (non-hydrogen) atoms. The number of benzene rings is 1. The molecular formula is C21H20N6O2S. The number of likely N-dealkylation sites (tertiary alicyclic amines) is 1. The van der Waals surface area contributed by atoms with Gasteiger partial charge in [-0.15, -0.1) is 16.4 Å². The highest BCUT2D eigenvalue weighted by molar-refractivity contribution is 7.12. The SMILES string of the molecule is Cc1ccsc1C(=O)N1CCC(n2cc(-c3nc(-c4ccccc4)no3)nn2)CC1. The summed E-state index contributed by atoms with van der Waals surface area (Å²) in [4.78, 5) is 19.9. The zero-order valence-electron chi connectivity index (χ0n) is 16.4. The lowest BCUT2D eigenvalue weighted by Gasteiger charge is -2.31. The maximum Gasteiger partial charge on any atom is 0.280 e. The van der Waals surface area contributed by atoms with E-state index in [2.05, 4.69) is 20.5 Å². The van der Waals surface area contributed by atoms with Gasteiger partial charge in [0.25, 0.3) is 11.8 Å². The Morgan fingerprint density at radius 2 is 1.97 bits per heavy atom. The van der Waals surface area contributed by atoms with E-state index in [0.29, 0.717) is 30.5 Å². The van der Waals surface area contributed by atoms with Crippen molar-refractivity contribution in [3.8, 4) is 23.0 Å². The summed E-state index contributed by atoms with van der Waals surface area (Å²) in [6, 6.07) is 11.8. The maximum atomic E-state index is 12.7. The Morgan fingerprint density at radius 1 is 1.17 bits per heavy atom. The standard InChI is InChI=1S/C21H20N6O2S/c1-14-9-12-30-18(14)21(28)26-10-7-16(8-11-26)27-13-17(23-25-27)20-22-19(24-29-20)15-5-3-2-4-6-15/h2-6,9,12-13,16H,7-8,10-11H2,1H3. The Balaban J connectivity index is 1.25. The molecule has 3 aromatic heterocycles. The first-order valence-corrected chi connectivity index (χ1v) is 10.7. The van der Waals surface area contributed by atoms with Crippen LogP contribution in [-0.4, -0.2) is 49.0 Å². The van der Waals surface area contributed by atoms with Crippen molar-refractivity contribution >= 4 is 17.2 Å². The fourth-order valence-corrected chi connectivity index (χ4v) is 4.55. The highest BCUT2D eigenvalue weighted by Crippen LogP contribution is 2.27. The third-order valence-corrected chi connectivity index (χ3v) is 6.37. The van der Waals surface area contributed by atoms with Gasteiger partial charge in [0.05, 0.1) is 17.1 Å². The fraction of sp³-hybridized carbons (Fsp3) is 0.286. The Hall–Kier alpha value is -3.33. The van der Waals surface area contributed by atoms with Crippen LogP contribution in [0.15, 0.2) is 52.5 Å². The number of carbonyl (C=O) groups is 1. The largest absolute Gasteiger partial charge is 0.338 e. The average molecular weight is 420 g/mol. The van der Waals surface area contributed by atoms with Crippen molar-refractivity contribution in [1.29, 1.82) is 0 Å². The van der Waals surface area contributed by atoms with E-state index in [1.807, 2.05) is 64.5 Å². The number of thiophene rings is 1. The van der Waals surface area contributed by atoms with Gasteiger partial charge >= 0.3 is 0 Å². The normalized spacial score (nSPS) is 14.9. The van der Waals surface area contributed by atoms with Gasteiger partial charge in [0, 0.05) is 18.7 Å². The van der Waals surface area contributed by atoms with Crippen molar-refractivity contribution in [1.82, 2.24) is 30.0 Å². The van der Waals surface area contributed by atoms with Gasteiger partial charge in [0.1, 0.15) is 0 Å². The van der Waals surface area contributed by atoms with Crippen LogP contribution >= 0.6 is 11.3 Å². The second-order valence-electron chi connectivity index (χ2n) is 7.33. The lowest BCUT2D eigenvalue weighted by Crippen LogP contribution is -2.39. The maximum absolute atomic E-state index is 12.7. The number of carbonyl (C=O) groups excluding carboxylic acids is 1. The van der Waals surface area contributed by atoms with Crippen LogP contribution in [0, 0.1) is 6.92 Å². The second kappa shape index (κ2) is 7.83. The number of nitrogens with zero attached hydrogens (tertiary/aromatic N) is 6. The van der Waals surface area contributed by atoms with Gasteiger partial charge in [0.15, 0.2) is 5.69 Å². The molecule has 8 nitrogen and oxygen atoms in total. The predicted molar refractivity (Wildman–Crippen MR) is 112 cm³/mol. The minimum atomic E-state index is 0.125. The topological polar surface area (TPSA) is 89.9 Å². The van der Waals surface area contributed by atoms with Crippen LogP contribution in [0.3, 0.4) is 0 Å². The molecule has 152 valence electrons. The van der Waals surface area contributed by atoms with Gasteiger partial charge in [-0.25, -0.2) is 4.68 Å². The number of rotatable bonds is 4. The molecule has 1 saturated heterocycles. The smallest absolute Gasteiger partial charge is 0.280 e. The molecule has 0 unspecified atom stereocenters. The molecule has 0 bridgehead atoms. The third kappa shape index (κ3) is 3.52. The van der Waals surface area contributed by atoms with E-state index < -0.39 is 0 Å². The predicted octanol–water partition coefficient (Wildman–Crippen LogP) is 3.84. The molecule has 4 aromatic rings. The minimum absolute atomic E-state index is 0.125. The van der Waals surface area contributed by atoms with Crippen LogP contribution in [0.5, 0.6) is 0 Å². The van der Waals surface area contributed by atoms with Gasteiger partial charge in [-0.2, -0.15) is 4.98 Å². The number of hydrogen-bond acceptors (Lipinski definition) is 7. The Kier molecular flexibility index (Phi) is 4.88. The molecule has 0 radical (unpaired) electrons. The molecule has 4 heterocycles. The molecule has 5 rings (SSSR count). The van der Waals surface area contributed by atoms with Crippen LogP contribution in [0.2, 0.25) is 0 Å². The summed E-state index contributed by atoms with van der Waals surface area (Å²) < 4.78 is 7.23. The Bertz CT molecular complexity index is 1160. The van der Waals surface area contributed by atoms with E-state index in [4.69, 9.17) is 4.52 Å². The molecular weight excluding hydrogens is 400 g/mol. The zero-order chi connectivity index (χ0) is 20.5. The average Bonchev–Trinajstić information content (AvgIpc) is 3.54. The lowest BCUT2D eigenvalue weighted by atomic mass is 10.0. The lowest BCUT2D eigenvalue weighted by molar-refractivity contribution is 0.0693. The highest BCUT2D eigenvalue weighted by atomic mass is 32.1. The first-order valence-electron chi connectivity index (χ1n) is 9.84. The van der Waals surface area contributed by atoms with Crippen molar-refractivity contribution in [2.45, 2.75) is 25.8 Å². The number of aryl methyl sites for hydroxylation is 1. The molecule has 0 saturated carbocycles. The Labute approximate surface area is 177 Å². The van der Waals surface area contributed by atoms with Gasteiger partial charge in [0.2, 0.25) is 5.82 Å². The molecule has 0 atom stereocenters. The number of aromatic nitrogens is 5. The van der Waals surface area contributed by atoms with E-state index in [-0.39, 0.29) is 11.9 Å². The number of amides is 1. The highest BCUT2D eigenvalue weighted by Gasteiger charge is 2.27. The van der Waals surface area contributed by atoms with E-state index in [9.17, 15) is 4.79 Å². The van der Waals surface area contributed by atoms with Crippen LogP contribution in [0.4, 0.5) is 0 Å². The Morgan fingerprint density at radius 3 is 2.70 bits per heavy atom. The molecule has 0 N–H and O–H groups in total. The summed E-state index contributed by atoms with van der Waals surface area (Å²) in [6.07, 6.45) is 3.50. The second-order valence-corrected chi connectivity index (χ2v) is 8.25. The fourth-order valence-electron chi connectivity index (χ4n) is 3.65. The summed E-state index contributed by atoms with van der Waals surface area (Å²) in [5.74, 6) is 0.997. The van der Waals surface area contributed by atoms with Crippen molar-refractivity contribution in [3.63, 3.8) is 0 Å². The summed E-state index contributed by atoms with van der Waals surface area (Å²) in [6.45, 7) is 3.39. The van der Waals surface area contributed by atoms with E-state index in [0.717, 1.165) is 28.8 Å². The van der Waals surface area contributed by atoms with Crippen molar-refractivity contribution < 1.29 is 9.32 Å². The summed E-state index contributed by atoms with van der Waals surface area (Å²) in [5, 5.41) is 14.5. The van der Waals surface area contributed by atoms with Gasteiger partial charge in [-0.05, 0) is 36.8 Å². The summed E-state index contributed by atoms with van der Waals surface area (Å²) >= 11 is 1.51. The summed E-state index contributed by atoms with van der Waals surface area (Å²) in [7, 11) is 0. The van der Waals surface area contributed by atoms with Crippen molar-refractivity contribution in [2.75, 3.05) is 13.1 Å². The quantitative estimate of drug-likeness (QED) is 0.498. The van der Waals surface area contributed by atoms with E-state index in [1.54, 1.807) is 0 Å². The first-order chi connectivity index (χ1) is 14.7. The van der Waals surface area contributed by atoms with Gasteiger partial charge in [-0.3, -0.25) is 4.79 Å². The molecule has 1 amide bonds. The number of piperidine rings is 1.